The second-order valence-corrected chi connectivity index (χ2v) is 3.18. The lowest BCUT2D eigenvalue weighted by molar-refractivity contribution is 0.0816. The molecule has 0 bridgehead atoms. The van der Waals surface area contributed by atoms with Gasteiger partial charge in [0.05, 0.1) is 7.11 Å². The number of amides is 1. The van der Waals surface area contributed by atoms with Crippen LogP contribution in [0.2, 0.25) is 0 Å². The summed E-state index contributed by atoms with van der Waals surface area (Å²) >= 11 is 0. The van der Waals surface area contributed by atoms with Gasteiger partial charge in [-0.25, -0.2) is 0 Å². The Hall–Kier alpha value is -1.51. The van der Waals surface area contributed by atoms with E-state index in [1.807, 2.05) is 18.2 Å². The number of rotatable bonds is 1. The minimum Gasteiger partial charge on any atom is -0.497 e. The third kappa shape index (κ3) is 1.16. The third-order valence-corrected chi connectivity index (χ3v) is 2.30. The zero-order valence-electron chi connectivity index (χ0n) is 7.70. The van der Waals surface area contributed by atoms with Crippen molar-refractivity contribution in [3.8, 4) is 5.75 Å². The summed E-state index contributed by atoms with van der Waals surface area (Å²) in [6, 6.07) is 5.55. The third-order valence-electron chi connectivity index (χ3n) is 2.30. The Morgan fingerprint density at radius 3 is 2.92 bits per heavy atom. The normalized spacial score (nSPS) is 14.6. The molecule has 0 fully saturated rings. The lowest BCUT2D eigenvalue weighted by Gasteiger charge is -2.04. The van der Waals surface area contributed by atoms with E-state index in [4.69, 9.17) is 4.74 Å². The second-order valence-electron chi connectivity index (χ2n) is 3.18. The molecule has 0 spiro atoms. The van der Waals surface area contributed by atoms with Crippen LogP contribution in [0.25, 0.3) is 0 Å². The first-order chi connectivity index (χ1) is 6.22. The van der Waals surface area contributed by atoms with Crippen LogP contribution in [0, 0.1) is 0 Å². The molecule has 1 heterocycles. The maximum absolute atomic E-state index is 11.5. The number of fused-ring (bicyclic) bond motifs is 1. The van der Waals surface area contributed by atoms with Crippen molar-refractivity contribution in [1.29, 1.82) is 0 Å². The van der Waals surface area contributed by atoms with Crippen molar-refractivity contribution < 1.29 is 9.53 Å². The van der Waals surface area contributed by atoms with Gasteiger partial charge in [-0.2, -0.15) is 0 Å². The van der Waals surface area contributed by atoms with Gasteiger partial charge in [0.15, 0.2) is 0 Å². The van der Waals surface area contributed by atoms with Crippen molar-refractivity contribution in [2.75, 3.05) is 14.2 Å². The van der Waals surface area contributed by atoms with Gasteiger partial charge < -0.3 is 9.64 Å². The molecule has 1 aliphatic heterocycles. The lowest BCUT2D eigenvalue weighted by Crippen LogP contribution is -2.17. The molecule has 2 rings (SSSR count). The molecule has 68 valence electrons. The van der Waals surface area contributed by atoms with Crippen LogP contribution < -0.4 is 4.74 Å². The van der Waals surface area contributed by atoms with Crippen LogP contribution >= 0.6 is 0 Å². The summed E-state index contributed by atoms with van der Waals surface area (Å²) < 4.78 is 5.08. The van der Waals surface area contributed by atoms with Crippen molar-refractivity contribution in [3.63, 3.8) is 0 Å². The Balaban J connectivity index is 2.46. The number of benzene rings is 1. The van der Waals surface area contributed by atoms with Crippen LogP contribution in [0.3, 0.4) is 0 Å². The van der Waals surface area contributed by atoms with E-state index in [0.29, 0.717) is 6.54 Å². The van der Waals surface area contributed by atoms with Crippen LogP contribution in [0.4, 0.5) is 0 Å². The zero-order valence-corrected chi connectivity index (χ0v) is 7.70. The summed E-state index contributed by atoms with van der Waals surface area (Å²) in [5.74, 6) is 0.902. The molecule has 1 aromatic carbocycles. The van der Waals surface area contributed by atoms with E-state index < -0.39 is 0 Å². The summed E-state index contributed by atoms with van der Waals surface area (Å²) in [6.07, 6.45) is 0. The highest BCUT2D eigenvalue weighted by Crippen LogP contribution is 2.25. The Bertz CT molecular complexity index is 360. The van der Waals surface area contributed by atoms with Crippen LogP contribution in [-0.4, -0.2) is 25.0 Å². The van der Waals surface area contributed by atoms with Crippen LogP contribution in [-0.2, 0) is 6.54 Å². The number of hydrogen-bond acceptors (Lipinski definition) is 2. The van der Waals surface area contributed by atoms with Gasteiger partial charge in [-0.05, 0) is 23.8 Å². The van der Waals surface area contributed by atoms with Gasteiger partial charge in [-0.3, -0.25) is 4.79 Å². The number of hydrogen-bond donors (Lipinski definition) is 0. The summed E-state index contributed by atoms with van der Waals surface area (Å²) in [7, 11) is 3.43. The minimum absolute atomic E-state index is 0.0950. The van der Waals surface area contributed by atoms with E-state index in [2.05, 4.69) is 0 Å². The molecule has 1 aliphatic rings. The van der Waals surface area contributed by atoms with Gasteiger partial charge in [0.25, 0.3) is 5.91 Å². The molecule has 0 saturated heterocycles. The Labute approximate surface area is 76.9 Å². The number of ether oxygens (including phenoxy) is 1. The Morgan fingerprint density at radius 1 is 1.46 bits per heavy atom. The SMILES string of the molecule is COc1ccc2c(c1)CN(C)C2=O. The van der Waals surface area contributed by atoms with Crippen LogP contribution in [0.15, 0.2) is 18.2 Å². The van der Waals surface area contributed by atoms with E-state index in [-0.39, 0.29) is 5.91 Å². The summed E-state index contributed by atoms with van der Waals surface area (Å²) in [5, 5.41) is 0. The van der Waals surface area contributed by atoms with Gasteiger partial charge >= 0.3 is 0 Å². The van der Waals surface area contributed by atoms with Gasteiger partial charge in [0.1, 0.15) is 5.75 Å². The predicted molar refractivity (Wildman–Crippen MR) is 48.8 cm³/mol. The molecular formula is C10H11NO2. The van der Waals surface area contributed by atoms with Crippen molar-refractivity contribution in [1.82, 2.24) is 4.90 Å². The number of carbonyl (C=O) groups is 1. The zero-order chi connectivity index (χ0) is 9.42. The topological polar surface area (TPSA) is 29.5 Å². The summed E-state index contributed by atoms with van der Waals surface area (Å²) in [4.78, 5) is 13.2. The first kappa shape index (κ1) is 8.10. The van der Waals surface area contributed by atoms with Crippen molar-refractivity contribution in [2.45, 2.75) is 6.54 Å². The highest BCUT2D eigenvalue weighted by molar-refractivity contribution is 5.98. The fourth-order valence-corrected chi connectivity index (χ4v) is 1.57. The van der Waals surface area contributed by atoms with E-state index in [1.165, 1.54) is 0 Å². The summed E-state index contributed by atoms with van der Waals surface area (Å²) in [6.45, 7) is 0.686. The fourth-order valence-electron chi connectivity index (χ4n) is 1.57. The molecule has 0 unspecified atom stereocenters. The van der Waals surface area contributed by atoms with Gasteiger partial charge in [0, 0.05) is 19.2 Å². The molecule has 0 saturated carbocycles. The second kappa shape index (κ2) is 2.76. The predicted octanol–water partition coefficient (Wildman–Crippen LogP) is 1.28. The Kier molecular flexibility index (Phi) is 1.72. The van der Waals surface area contributed by atoms with Crippen molar-refractivity contribution >= 4 is 5.91 Å². The number of carbonyl (C=O) groups excluding carboxylic acids is 1. The molecular weight excluding hydrogens is 166 g/mol. The number of methoxy groups -OCH3 is 1. The molecule has 0 N–H and O–H groups in total. The Morgan fingerprint density at radius 2 is 2.23 bits per heavy atom. The van der Waals surface area contributed by atoms with E-state index in [1.54, 1.807) is 19.1 Å². The molecule has 0 aliphatic carbocycles. The van der Waals surface area contributed by atoms with Gasteiger partial charge in [-0.1, -0.05) is 0 Å². The van der Waals surface area contributed by atoms with E-state index >= 15 is 0 Å². The smallest absolute Gasteiger partial charge is 0.254 e. The summed E-state index contributed by atoms with van der Waals surface area (Å²) in [5.41, 5.74) is 1.84. The standard InChI is InChI=1S/C10H11NO2/c1-11-6-7-5-8(13-2)3-4-9(7)10(11)12/h3-5H,6H2,1-2H3. The average Bonchev–Trinajstić information content (AvgIpc) is 2.42. The average molecular weight is 177 g/mol. The quantitative estimate of drug-likeness (QED) is 0.646. The van der Waals surface area contributed by atoms with Gasteiger partial charge in [0.2, 0.25) is 0 Å². The number of nitrogens with zero attached hydrogens (tertiary/aromatic N) is 1. The van der Waals surface area contributed by atoms with Crippen molar-refractivity contribution in [3.05, 3.63) is 29.3 Å². The highest BCUT2D eigenvalue weighted by Gasteiger charge is 2.24. The first-order valence-corrected chi connectivity index (χ1v) is 4.15. The maximum atomic E-state index is 11.5. The molecule has 1 amide bonds. The highest BCUT2D eigenvalue weighted by atomic mass is 16.5. The molecule has 0 radical (unpaired) electrons. The molecule has 13 heavy (non-hydrogen) atoms. The van der Waals surface area contributed by atoms with E-state index in [0.717, 1.165) is 16.9 Å². The molecule has 3 nitrogen and oxygen atoms in total. The molecule has 0 aromatic heterocycles. The first-order valence-electron chi connectivity index (χ1n) is 4.15. The van der Waals surface area contributed by atoms with Crippen LogP contribution in [0.1, 0.15) is 15.9 Å². The fraction of sp³-hybridized carbons (Fsp3) is 0.300. The largest absolute Gasteiger partial charge is 0.497 e. The molecule has 1 aromatic rings. The minimum atomic E-state index is 0.0950. The molecule has 0 atom stereocenters. The monoisotopic (exact) mass is 177 g/mol. The molecule has 3 heteroatoms. The van der Waals surface area contributed by atoms with Gasteiger partial charge in [-0.15, -0.1) is 0 Å². The lowest BCUT2D eigenvalue weighted by atomic mass is 10.1. The van der Waals surface area contributed by atoms with Crippen LogP contribution in [0.5, 0.6) is 5.75 Å². The maximum Gasteiger partial charge on any atom is 0.254 e. The van der Waals surface area contributed by atoms with Crippen molar-refractivity contribution in [2.24, 2.45) is 0 Å². The van der Waals surface area contributed by atoms with E-state index in [9.17, 15) is 4.79 Å².